The topological polar surface area (TPSA) is 98.2 Å². The van der Waals surface area contributed by atoms with Gasteiger partial charge in [-0.05, 0) is 23.1 Å². The van der Waals surface area contributed by atoms with Crippen LogP contribution in [0.4, 0.5) is 4.79 Å². The Morgan fingerprint density at radius 2 is 2.07 bits per heavy atom. The average Bonchev–Trinajstić information content (AvgIpc) is 3.40. The zero-order chi connectivity index (χ0) is 20.5. The Hall–Kier alpha value is -3.27. The molecule has 4 amide bonds. The van der Waals surface area contributed by atoms with Crippen LogP contribution in [-0.4, -0.2) is 76.7 Å². The highest BCUT2D eigenvalue weighted by atomic mass is 32.1. The van der Waals surface area contributed by atoms with Crippen LogP contribution in [0.1, 0.15) is 5.56 Å². The maximum atomic E-state index is 12.5. The summed E-state index contributed by atoms with van der Waals surface area (Å²) in [7, 11) is 3.03. The van der Waals surface area contributed by atoms with Crippen molar-refractivity contribution in [2.75, 3.05) is 20.6 Å². The number of nitrogens with one attached hydrogen (secondary N) is 1. The molecule has 2 atom stereocenters. The number of hydrogen-bond acceptors (Lipinski definition) is 7. The number of nitrogens with zero attached hydrogens (tertiary/aromatic N) is 5. The number of carbonyl (C=O) groups excluding carboxylic acids is 3. The van der Waals surface area contributed by atoms with Gasteiger partial charge in [0.25, 0.3) is 5.91 Å². The third-order valence-electron chi connectivity index (χ3n) is 5.02. The largest absolute Gasteiger partial charge is 0.350 e. The molecular formula is C19H20N6O3S. The molecule has 2 aromatic heterocycles. The number of thiophene rings is 1. The number of hydrogen-bond donors (Lipinski definition) is 1. The lowest BCUT2D eigenvalue weighted by Crippen LogP contribution is -2.64. The summed E-state index contributed by atoms with van der Waals surface area (Å²) in [5.74, 6) is -0.608. The van der Waals surface area contributed by atoms with Gasteiger partial charge in [-0.25, -0.2) is 9.79 Å². The molecule has 29 heavy (non-hydrogen) atoms. The maximum Gasteiger partial charge on any atom is 0.328 e. The molecule has 9 nitrogen and oxygen atoms in total. The second-order valence-corrected chi connectivity index (χ2v) is 7.80. The number of urea groups is 1. The van der Waals surface area contributed by atoms with Crippen LogP contribution >= 0.6 is 11.3 Å². The van der Waals surface area contributed by atoms with Gasteiger partial charge in [0.1, 0.15) is 0 Å². The minimum atomic E-state index is -0.687. The predicted molar refractivity (Wildman–Crippen MR) is 108 cm³/mol. The van der Waals surface area contributed by atoms with Gasteiger partial charge in [-0.1, -0.05) is 12.1 Å². The average molecular weight is 412 g/mol. The first kappa shape index (κ1) is 19.1. The summed E-state index contributed by atoms with van der Waals surface area (Å²) in [6.45, 7) is 0.298. The minimum Gasteiger partial charge on any atom is -0.350 e. The van der Waals surface area contributed by atoms with Crippen LogP contribution in [-0.2, 0) is 16.1 Å². The molecule has 150 valence electrons. The summed E-state index contributed by atoms with van der Waals surface area (Å²) < 4.78 is 0. The van der Waals surface area contributed by atoms with Gasteiger partial charge in [0, 0.05) is 26.8 Å². The Kier molecular flexibility index (Phi) is 5.01. The number of pyridine rings is 1. The van der Waals surface area contributed by atoms with Gasteiger partial charge < -0.3 is 15.1 Å². The quantitative estimate of drug-likeness (QED) is 0.790. The Morgan fingerprint density at radius 3 is 2.83 bits per heavy atom. The van der Waals surface area contributed by atoms with Crippen molar-refractivity contribution in [3.63, 3.8) is 0 Å². The van der Waals surface area contributed by atoms with E-state index in [0.717, 1.165) is 21.0 Å². The molecule has 4 rings (SSSR count). The first-order chi connectivity index (χ1) is 14.0. The van der Waals surface area contributed by atoms with E-state index in [1.54, 1.807) is 29.5 Å². The fraction of sp³-hybridized carbons (Fsp3) is 0.316. The predicted octanol–water partition coefficient (Wildman–Crippen LogP) is 0.989. The van der Waals surface area contributed by atoms with E-state index >= 15 is 0 Å². The highest BCUT2D eigenvalue weighted by molar-refractivity contribution is 7.13. The normalized spacial score (nSPS) is 21.0. The van der Waals surface area contributed by atoms with Gasteiger partial charge in [-0.2, -0.15) is 0 Å². The van der Waals surface area contributed by atoms with Gasteiger partial charge in [0.2, 0.25) is 5.91 Å². The summed E-state index contributed by atoms with van der Waals surface area (Å²) in [6, 6.07) is 6.61. The summed E-state index contributed by atoms with van der Waals surface area (Å²) in [5.41, 5.74) is 1.75. The molecule has 2 aliphatic rings. The van der Waals surface area contributed by atoms with Crippen LogP contribution in [0.25, 0.3) is 10.6 Å². The van der Waals surface area contributed by atoms with Crippen molar-refractivity contribution in [3.8, 4) is 10.6 Å². The number of carbonyl (C=O) groups is 3. The smallest absolute Gasteiger partial charge is 0.328 e. The molecule has 0 radical (unpaired) electrons. The molecule has 0 spiro atoms. The monoisotopic (exact) mass is 412 g/mol. The van der Waals surface area contributed by atoms with Gasteiger partial charge in [-0.15, -0.1) is 11.3 Å². The number of aliphatic imine (C=N–C) groups is 1. The van der Waals surface area contributed by atoms with Crippen LogP contribution in [0.15, 0.2) is 40.8 Å². The standard InChI is InChI=1S/C19H20N6O3S/c1-23-17-16(18(27)24(2)19(23)28)25(11-22-17)10-14(26)21-9-12-5-3-7-20-15(12)13-6-4-8-29-13/h3-8,11,16-17H,9-10H2,1-2H3,(H,21,26). The Morgan fingerprint density at radius 1 is 1.24 bits per heavy atom. The van der Waals surface area contributed by atoms with Crippen molar-refractivity contribution < 1.29 is 14.4 Å². The fourth-order valence-electron chi connectivity index (χ4n) is 3.47. The van der Waals surface area contributed by atoms with E-state index in [-0.39, 0.29) is 18.4 Å². The van der Waals surface area contributed by atoms with Crippen molar-refractivity contribution >= 4 is 35.5 Å². The van der Waals surface area contributed by atoms with Gasteiger partial charge >= 0.3 is 6.03 Å². The molecule has 0 aromatic carbocycles. The number of imide groups is 1. The highest BCUT2D eigenvalue weighted by Crippen LogP contribution is 2.26. The lowest BCUT2D eigenvalue weighted by atomic mass is 10.1. The molecule has 2 aliphatic heterocycles. The fourth-order valence-corrected chi connectivity index (χ4v) is 4.23. The van der Waals surface area contributed by atoms with Crippen LogP contribution < -0.4 is 5.32 Å². The van der Waals surface area contributed by atoms with E-state index in [1.807, 2.05) is 29.6 Å². The lowest BCUT2D eigenvalue weighted by Gasteiger charge is -2.39. The van der Waals surface area contributed by atoms with Crippen LogP contribution in [0, 0.1) is 0 Å². The zero-order valence-electron chi connectivity index (χ0n) is 16.0. The number of aromatic nitrogens is 1. The number of rotatable bonds is 5. The van der Waals surface area contributed by atoms with Crippen molar-refractivity contribution in [1.29, 1.82) is 0 Å². The summed E-state index contributed by atoms with van der Waals surface area (Å²) in [6.07, 6.45) is 2.59. The van der Waals surface area contributed by atoms with E-state index in [2.05, 4.69) is 15.3 Å². The van der Waals surface area contributed by atoms with E-state index in [1.165, 1.54) is 18.3 Å². The van der Waals surface area contributed by atoms with E-state index in [9.17, 15) is 14.4 Å². The number of fused-ring (bicyclic) bond motifs is 1. The number of amides is 4. The van der Waals surface area contributed by atoms with Gasteiger partial charge in [-0.3, -0.25) is 19.5 Å². The molecule has 1 N–H and O–H groups in total. The molecule has 0 aliphatic carbocycles. The van der Waals surface area contributed by atoms with Gasteiger partial charge in [0.05, 0.1) is 23.5 Å². The van der Waals surface area contributed by atoms with Crippen molar-refractivity contribution in [2.45, 2.75) is 18.8 Å². The van der Waals surface area contributed by atoms with E-state index in [0.29, 0.717) is 6.54 Å². The van der Waals surface area contributed by atoms with Crippen molar-refractivity contribution in [3.05, 3.63) is 41.4 Å². The second-order valence-electron chi connectivity index (χ2n) is 6.85. The third-order valence-corrected chi connectivity index (χ3v) is 5.90. The SMILES string of the molecule is CN1C(=O)C2C(N=CN2CC(=O)NCc2cccnc2-c2cccs2)N(C)C1=O. The summed E-state index contributed by atoms with van der Waals surface area (Å²) in [4.78, 5) is 50.9. The van der Waals surface area contributed by atoms with Crippen LogP contribution in [0.2, 0.25) is 0 Å². The second kappa shape index (κ2) is 7.63. The molecule has 0 saturated carbocycles. The third kappa shape index (κ3) is 3.46. The maximum absolute atomic E-state index is 12.5. The molecule has 2 unspecified atom stereocenters. The van der Waals surface area contributed by atoms with Crippen LogP contribution in [0.5, 0.6) is 0 Å². The molecule has 1 saturated heterocycles. The first-order valence-electron chi connectivity index (χ1n) is 9.05. The summed E-state index contributed by atoms with van der Waals surface area (Å²) in [5, 5.41) is 4.87. The van der Waals surface area contributed by atoms with E-state index < -0.39 is 18.2 Å². The van der Waals surface area contributed by atoms with Crippen molar-refractivity contribution in [2.24, 2.45) is 4.99 Å². The molecule has 10 heteroatoms. The molecular weight excluding hydrogens is 392 g/mol. The minimum absolute atomic E-state index is 0.0269. The van der Waals surface area contributed by atoms with Crippen LogP contribution in [0.3, 0.4) is 0 Å². The Balaban J connectivity index is 1.41. The molecule has 1 fully saturated rings. The Bertz CT molecular complexity index is 976. The molecule has 2 aromatic rings. The first-order valence-corrected chi connectivity index (χ1v) is 9.93. The number of likely N-dealkylation sites (N-methyl/N-ethyl adjacent to an activating group) is 2. The molecule has 0 bridgehead atoms. The summed E-state index contributed by atoms with van der Waals surface area (Å²) >= 11 is 1.59. The molecule has 4 heterocycles. The highest BCUT2D eigenvalue weighted by Gasteiger charge is 2.48. The Labute approximate surface area is 171 Å². The van der Waals surface area contributed by atoms with E-state index in [4.69, 9.17) is 0 Å². The van der Waals surface area contributed by atoms with Gasteiger partial charge in [0.15, 0.2) is 12.2 Å². The zero-order valence-corrected chi connectivity index (χ0v) is 16.8. The van der Waals surface area contributed by atoms with Crippen molar-refractivity contribution in [1.82, 2.24) is 25.0 Å². The lowest BCUT2D eigenvalue weighted by molar-refractivity contribution is -0.136.